The van der Waals surface area contributed by atoms with Gasteiger partial charge in [-0.25, -0.2) is 0 Å². The van der Waals surface area contributed by atoms with Gasteiger partial charge in [-0.3, -0.25) is 4.90 Å². The molecule has 126 valence electrons. The van der Waals surface area contributed by atoms with Crippen molar-refractivity contribution < 1.29 is 0 Å². The Kier molecular flexibility index (Phi) is 12.3. The van der Waals surface area contributed by atoms with Crippen LogP contribution in [-0.2, 0) is 0 Å². The number of nitrogens with zero attached hydrogens (tertiary/aromatic N) is 1. The van der Waals surface area contributed by atoms with E-state index in [2.05, 4.69) is 24.1 Å². The average Bonchev–Trinajstić information content (AvgIpc) is 2.51. The fourth-order valence-corrected chi connectivity index (χ4v) is 3.48. The van der Waals surface area contributed by atoms with Gasteiger partial charge >= 0.3 is 0 Å². The van der Waals surface area contributed by atoms with E-state index in [0.29, 0.717) is 0 Å². The summed E-state index contributed by atoms with van der Waals surface area (Å²) in [6.45, 7) is 9.63. The zero-order chi connectivity index (χ0) is 15.2. The maximum atomic E-state index is 3.62. The predicted octanol–water partition coefficient (Wildman–Crippen LogP) is 4.98. The molecule has 1 heterocycles. The van der Waals surface area contributed by atoms with Gasteiger partial charge in [0.1, 0.15) is 0 Å². The van der Waals surface area contributed by atoms with Crippen molar-refractivity contribution in [3.63, 3.8) is 0 Å². The second-order valence-corrected chi connectivity index (χ2v) is 6.86. The fraction of sp³-hybridized carbons (Fsp3) is 1.00. The quantitative estimate of drug-likeness (QED) is 0.482. The van der Waals surface area contributed by atoms with E-state index < -0.39 is 0 Å². The van der Waals surface area contributed by atoms with Gasteiger partial charge in [-0.2, -0.15) is 0 Å². The summed E-state index contributed by atoms with van der Waals surface area (Å²) in [5, 5.41) is 3.62. The van der Waals surface area contributed by atoms with Gasteiger partial charge < -0.3 is 5.32 Å². The number of unbranched alkanes of at least 4 members (excludes halogenated alkanes) is 7. The lowest BCUT2D eigenvalue weighted by Gasteiger charge is -2.36. The van der Waals surface area contributed by atoms with E-state index in [1.807, 2.05) is 0 Å². The Morgan fingerprint density at radius 1 is 0.857 bits per heavy atom. The molecule has 0 bridgehead atoms. The minimum atomic E-state index is 0.815. The Morgan fingerprint density at radius 2 is 1.57 bits per heavy atom. The van der Waals surface area contributed by atoms with Crippen LogP contribution in [0.4, 0.5) is 0 Å². The maximum Gasteiger partial charge on any atom is 0.0220 e. The highest BCUT2D eigenvalue weighted by molar-refractivity contribution is 4.78. The molecule has 2 heteroatoms. The highest BCUT2D eigenvalue weighted by Crippen LogP contribution is 2.18. The van der Waals surface area contributed by atoms with Crippen molar-refractivity contribution in [2.45, 2.75) is 96.9 Å². The van der Waals surface area contributed by atoms with E-state index in [-0.39, 0.29) is 0 Å². The van der Waals surface area contributed by atoms with Crippen molar-refractivity contribution in [3.05, 3.63) is 0 Å². The van der Waals surface area contributed by atoms with Crippen molar-refractivity contribution >= 4 is 0 Å². The molecule has 0 aromatic heterocycles. The smallest absolute Gasteiger partial charge is 0.0220 e. The molecule has 0 aromatic carbocycles. The van der Waals surface area contributed by atoms with Crippen molar-refractivity contribution in [1.82, 2.24) is 10.2 Å². The van der Waals surface area contributed by atoms with E-state index >= 15 is 0 Å². The van der Waals surface area contributed by atoms with Crippen LogP contribution in [0.2, 0.25) is 0 Å². The first kappa shape index (κ1) is 19.0. The number of rotatable bonds is 13. The first-order valence-electron chi connectivity index (χ1n) is 9.83. The van der Waals surface area contributed by atoms with Crippen LogP contribution in [0.15, 0.2) is 0 Å². The molecule has 0 amide bonds. The molecule has 0 radical (unpaired) electrons. The summed E-state index contributed by atoms with van der Waals surface area (Å²) in [5.74, 6) is 0. The topological polar surface area (TPSA) is 15.3 Å². The summed E-state index contributed by atoms with van der Waals surface area (Å²) in [6, 6.07) is 0.815. The number of nitrogens with one attached hydrogen (secondary N) is 1. The molecule has 0 aliphatic carbocycles. The third-order valence-electron chi connectivity index (χ3n) is 4.85. The molecule has 1 aliphatic heterocycles. The Labute approximate surface area is 134 Å². The van der Waals surface area contributed by atoms with Gasteiger partial charge in [0, 0.05) is 12.6 Å². The Morgan fingerprint density at radius 3 is 2.29 bits per heavy atom. The summed E-state index contributed by atoms with van der Waals surface area (Å²) >= 11 is 0. The molecular weight excluding hydrogens is 256 g/mol. The lowest BCUT2D eigenvalue weighted by molar-refractivity contribution is 0.142. The molecule has 1 aliphatic rings. The lowest BCUT2D eigenvalue weighted by atomic mass is 10.0. The molecule has 0 aromatic rings. The van der Waals surface area contributed by atoms with Crippen LogP contribution in [0.5, 0.6) is 0 Å². The third kappa shape index (κ3) is 9.52. The normalized spacial score (nSPS) is 20.0. The molecule has 1 unspecified atom stereocenters. The zero-order valence-electron chi connectivity index (χ0n) is 14.8. The van der Waals surface area contributed by atoms with Crippen LogP contribution < -0.4 is 5.32 Å². The largest absolute Gasteiger partial charge is 0.315 e. The van der Waals surface area contributed by atoms with Gasteiger partial charge in [0.15, 0.2) is 0 Å². The average molecular weight is 297 g/mol. The van der Waals surface area contributed by atoms with Crippen molar-refractivity contribution in [1.29, 1.82) is 0 Å². The van der Waals surface area contributed by atoms with E-state index in [4.69, 9.17) is 0 Å². The second kappa shape index (κ2) is 13.6. The SMILES string of the molecule is CCCCCCCCCCN1CCCCC1CNCCC. The molecule has 1 saturated heterocycles. The number of hydrogen-bond donors (Lipinski definition) is 1. The van der Waals surface area contributed by atoms with Gasteiger partial charge in [0.25, 0.3) is 0 Å². The first-order chi connectivity index (χ1) is 10.4. The van der Waals surface area contributed by atoms with E-state index in [1.54, 1.807) is 0 Å². The molecule has 1 atom stereocenters. The standard InChI is InChI=1S/C19H40N2/c1-3-5-6-7-8-9-10-12-16-21-17-13-11-14-19(21)18-20-15-4-2/h19-20H,3-18H2,1-2H3. The van der Waals surface area contributed by atoms with Crippen LogP contribution in [0.3, 0.4) is 0 Å². The van der Waals surface area contributed by atoms with Crippen molar-refractivity contribution in [2.24, 2.45) is 0 Å². The monoisotopic (exact) mass is 296 g/mol. The van der Waals surface area contributed by atoms with E-state index in [9.17, 15) is 0 Å². The van der Waals surface area contributed by atoms with Crippen molar-refractivity contribution in [3.8, 4) is 0 Å². The molecule has 1 rings (SSSR count). The van der Waals surface area contributed by atoms with Gasteiger partial charge in [-0.1, -0.05) is 65.2 Å². The van der Waals surface area contributed by atoms with E-state index in [0.717, 1.165) is 6.04 Å². The molecule has 0 saturated carbocycles. The molecule has 21 heavy (non-hydrogen) atoms. The third-order valence-corrected chi connectivity index (χ3v) is 4.85. The van der Waals surface area contributed by atoms with Crippen LogP contribution in [-0.4, -0.2) is 37.1 Å². The molecule has 2 nitrogen and oxygen atoms in total. The van der Waals surface area contributed by atoms with Gasteiger partial charge in [-0.05, 0) is 45.3 Å². The molecule has 0 spiro atoms. The Balaban J connectivity index is 2.02. The van der Waals surface area contributed by atoms with Crippen molar-refractivity contribution in [2.75, 3.05) is 26.2 Å². The maximum absolute atomic E-state index is 3.62. The van der Waals surface area contributed by atoms with Crippen LogP contribution in [0, 0.1) is 0 Å². The number of piperidine rings is 1. The summed E-state index contributed by atoms with van der Waals surface area (Å²) in [4.78, 5) is 2.77. The number of hydrogen-bond acceptors (Lipinski definition) is 2. The Bertz CT molecular complexity index is 218. The van der Waals surface area contributed by atoms with E-state index in [1.165, 1.54) is 103 Å². The van der Waals surface area contributed by atoms with Gasteiger partial charge in [0.05, 0.1) is 0 Å². The first-order valence-corrected chi connectivity index (χ1v) is 9.83. The second-order valence-electron chi connectivity index (χ2n) is 6.86. The molecular formula is C19H40N2. The molecule has 1 fully saturated rings. The summed E-state index contributed by atoms with van der Waals surface area (Å²) in [7, 11) is 0. The van der Waals surface area contributed by atoms with Gasteiger partial charge in [-0.15, -0.1) is 0 Å². The van der Waals surface area contributed by atoms with Crippen LogP contribution in [0.25, 0.3) is 0 Å². The Hall–Kier alpha value is -0.0800. The predicted molar refractivity (Wildman–Crippen MR) is 95.0 cm³/mol. The minimum absolute atomic E-state index is 0.815. The summed E-state index contributed by atoms with van der Waals surface area (Å²) in [5.41, 5.74) is 0. The van der Waals surface area contributed by atoms with Crippen LogP contribution >= 0.6 is 0 Å². The van der Waals surface area contributed by atoms with Crippen LogP contribution in [0.1, 0.15) is 90.9 Å². The minimum Gasteiger partial charge on any atom is -0.315 e. The summed E-state index contributed by atoms with van der Waals surface area (Å²) < 4.78 is 0. The number of likely N-dealkylation sites (tertiary alicyclic amines) is 1. The lowest BCUT2D eigenvalue weighted by Crippen LogP contribution is -2.45. The van der Waals surface area contributed by atoms with Gasteiger partial charge in [0.2, 0.25) is 0 Å². The zero-order valence-corrected chi connectivity index (χ0v) is 14.8. The molecule has 1 N–H and O–H groups in total. The summed E-state index contributed by atoms with van der Waals surface area (Å²) in [6.07, 6.45) is 17.0. The highest BCUT2D eigenvalue weighted by atomic mass is 15.2. The highest BCUT2D eigenvalue weighted by Gasteiger charge is 2.20. The fourth-order valence-electron chi connectivity index (χ4n) is 3.48.